The molecule has 1 saturated heterocycles. The van der Waals surface area contributed by atoms with Crippen molar-refractivity contribution in [2.75, 3.05) is 31.6 Å². The van der Waals surface area contributed by atoms with Crippen molar-refractivity contribution >= 4 is 11.8 Å². The fourth-order valence-corrected chi connectivity index (χ4v) is 2.51. The minimum absolute atomic E-state index is 0.145. The maximum Gasteiger partial charge on any atom is 0.240 e. The Balaban J connectivity index is 1.53. The lowest BCUT2D eigenvalue weighted by molar-refractivity contribution is -0.119. The first-order valence-corrected chi connectivity index (χ1v) is 8.00. The van der Waals surface area contributed by atoms with Gasteiger partial charge in [-0.2, -0.15) is 5.10 Å². The molecule has 1 aliphatic heterocycles. The number of aryl methyl sites for hydroxylation is 1. The summed E-state index contributed by atoms with van der Waals surface area (Å²) in [6.07, 6.45) is -0.227. The first-order valence-electron chi connectivity index (χ1n) is 8.00. The van der Waals surface area contributed by atoms with Crippen molar-refractivity contribution in [2.45, 2.75) is 32.8 Å². The molecule has 1 amide bonds. The van der Waals surface area contributed by atoms with Crippen LogP contribution >= 0.6 is 0 Å². The molecule has 0 aromatic carbocycles. The quantitative estimate of drug-likeness (QED) is 0.846. The minimum Gasteiger partial charge on any atom is -0.367 e. The van der Waals surface area contributed by atoms with Gasteiger partial charge in [0, 0.05) is 19.2 Å². The zero-order valence-electron chi connectivity index (χ0n) is 14.1. The number of hydrogen-bond donors (Lipinski definition) is 2. The van der Waals surface area contributed by atoms with E-state index in [0.717, 1.165) is 11.5 Å². The van der Waals surface area contributed by atoms with Crippen LogP contribution in [0, 0.1) is 6.92 Å². The van der Waals surface area contributed by atoms with Gasteiger partial charge in [0.2, 0.25) is 11.8 Å². The third-order valence-electron chi connectivity index (χ3n) is 3.80. The maximum atomic E-state index is 12.2. The van der Waals surface area contributed by atoms with Crippen molar-refractivity contribution in [1.29, 1.82) is 0 Å². The van der Waals surface area contributed by atoms with Gasteiger partial charge in [-0.05, 0) is 12.8 Å². The van der Waals surface area contributed by atoms with Gasteiger partial charge in [0.05, 0.1) is 18.8 Å². The fraction of sp³-hybridized carbons (Fsp3) is 0.600. The summed E-state index contributed by atoms with van der Waals surface area (Å²) in [5.74, 6) is 1.85. The predicted molar refractivity (Wildman–Crippen MR) is 85.5 cm³/mol. The van der Waals surface area contributed by atoms with Gasteiger partial charge >= 0.3 is 0 Å². The van der Waals surface area contributed by atoms with Crippen LogP contribution in [0.4, 0.5) is 5.88 Å². The van der Waals surface area contributed by atoms with Gasteiger partial charge in [0.1, 0.15) is 11.9 Å². The molecule has 1 aliphatic rings. The van der Waals surface area contributed by atoms with Crippen molar-refractivity contribution in [3.05, 3.63) is 23.4 Å². The Morgan fingerprint density at radius 3 is 3.04 bits per heavy atom. The molecular formula is C15H22N6O3. The van der Waals surface area contributed by atoms with Gasteiger partial charge in [-0.25, -0.2) is 4.98 Å². The summed E-state index contributed by atoms with van der Waals surface area (Å²) in [6, 6.07) is 1.75. The zero-order chi connectivity index (χ0) is 17.1. The second-order valence-corrected chi connectivity index (χ2v) is 6.19. The fourth-order valence-electron chi connectivity index (χ4n) is 2.51. The zero-order valence-corrected chi connectivity index (χ0v) is 14.1. The molecule has 9 nitrogen and oxygen atoms in total. The van der Waals surface area contributed by atoms with Crippen LogP contribution in [-0.2, 0) is 9.53 Å². The number of rotatable bonds is 5. The average Bonchev–Trinajstić information content (AvgIpc) is 3.16. The van der Waals surface area contributed by atoms with E-state index in [1.807, 2.05) is 25.7 Å². The van der Waals surface area contributed by atoms with Crippen molar-refractivity contribution in [3.8, 4) is 0 Å². The summed E-state index contributed by atoms with van der Waals surface area (Å²) >= 11 is 0. The summed E-state index contributed by atoms with van der Waals surface area (Å²) in [4.78, 5) is 18.5. The highest BCUT2D eigenvalue weighted by Crippen LogP contribution is 2.20. The molecule has 130 valence electrons. The van der Waals surface area contributed by atoms with E-state index < -0.39 is 0 Å². The van der Waals surface area contributed by atoms with Gasteiger partial charge < -0.3 is 9.26 Å². The van der Waals surface area contributed by atoms with Crippen molar-refractivity contribution < 1.29 is 14.1 Å². The number of aromatic nitrogens is 4. The standard InChI is InChI=1S/C15H22N6O3/c1-9(2)11-6-14(24-20-11)17-13(22)8-21-4-5-23-12(7-21)15-16-10(3)18-19-15/h6,9,12H,4-5,7-8H2,1-3H3,(H,17,22)(H,16,18,19)/t12-/m0/s1. The van der Waals surface area contributed by atoms with E-state index in [1.165, 1.54) is 0 Å². The molecule has 0 spiro atoms. The Hall–Kier alpha value is -2.26. The molecule has 2 aromatic rings. The van der Waals surface area contributed by atoms with Gasteiger partial charge in [-0.15, -0.1) is 0 Å². The molecule has 3 rings (SSSR count). The summed E-state index contributed by atoms with van der Waals surface area (Å²) in [5, 5.41) is 13.6. The molecule has 3 heterocycles. The van der Waals surface area contributed by atoms with E-state index >= 15 is 0 Å². The van der Waals surface area contributed by atoms with E-state index in [-0.39, 0.29) is 24.5 Å². The van der Waals surface area contributed by atoms with Crippen LogP contribution in [0.1, 0.15) is 43.2 Å². The number of nitrogens with zero attached hydrogens (tertiary/aromatic N) is 4. The summed E-state index contributed by atoms with van der Waals surface area (Å²) in [6.45, 7) is 7.91. The number of carbonyl (C=O) groups is 1. The number of carbonyl (C=O) groups excluding carboxylic acids is 1. The maximum absolute atomic E-state index is 12.2. The lowest BCUT2D eigenvalue weighted by Crippen LogP contribution is -2.42. The molecule has 24 heavy (non-hydrogen) atoms. The van der Waals surface area contributed by atoms with Crippen molar-refractivity contribution in [2.24, 2.45) is 0 Å². The number of morpholine rings is 1. The number of amides is 1. The molecular weight excluding hydrogens is 312 g/mol. The Morgan fingerprint density at radius 2 is 2.38 bits per heavy atom. The number of H-pyrrole nitrogens is 1. The minimum atomic E-state index is -0.227. The average molecular weight is 334 g/mol. The van der Waals surface area contributed by atoms with Crippen molar-refractivity contribution in [1.82, 2.24) is 25.2 Å². The second kappa shape index (κ2) is 7.10. The number of anilines is 1. The van der Waals surface area contributed by atoms with E-state index in [0.29, 0.717) is 31.4 Å². The Morgan fingerprint density at radius 1 is 1.54 bits per heavy atom. The third-order valence-corrected chi connectivity index (χ3v) is 3.80. The normalized spacial score (nSPS) is 18.9. The molecule has 0 saturated carbocycles. The van der Waals surface area contributed by atoms with Crippen molar-refractivity contribution in [3.63, 3.8) is 0 Å². The molecule has 0 aliphatic carbocycles. The molecule has 2 aromatic heterocycles. The number of hydrogen-bond acceptors (Lipinski definition) is 7. The van der Waals surface area contributed by atoms with E-state index in [4.69, 9.17) is 9.26 Å². The highest BCUT2D eigenvalue weighted by Gasteiger charge is 2.26. The SMILES string of the molecule is Cc1nc([C@@H]2CN(CC(=O)Nc3cc(C(C)C)no3)CCO2)n[nH]1. The van der Waals surface area contributed by atoms with E-state index in [2.05, 4.69) is 25.7 Å². The Kier molecular flexibility index (Phi) is 4.91. The smallest absolute Gasteiger partial charge is 0.240 e. The number of aromatic amines is 1. The topological polar surface area (TPSA) is 109 Å². The largest absolute Gasteiger partial charge is 0.367 e. The van der Waals surface area contributed by atoms with Gasteiger partial charge in [-0.1, -0.05) is 19.0 Å². The predicted octanol–water partition coefficient (Wildman–Crippen LogP) is 1.24. The lowest BCUT2D eigenvalue weighted by atomic mass is 10.1. The third kappa shape index (κ3) is 3.98. The summed E-state index contributed by atoms with van der Waals surface area (Å²) in [5.41, 5.74) is 0.816. The molecule has 0 bridgehead atoms. The van der Waals surface area contributed by atoms with Crippen LogP contribution in [0.5, 0.6) is 0 Å². The molecule has 0 radical (unpaired) electrons. The number of nitrogens with one attached hydrogen (secondary N) is 2. The highest BCUT2D eigenvalue weighted by atomic mass is 16.5. The van der Waals surface area contributed by atoms with Crippen LogP contribution in [0.25, 0.3) is 0 Å². The summed E-state index contributed by atoms with van der Waals surface area (Å²) < 4.78 is 10.8. The van der Waals surface area contributed by atoms with Crippen LogP contribution < -0.4 is 5.32 Å². The van der Waals surface area contributed by atoms with Gasteiger partial charge in [-0.3, -0.25) is 20.1 Å². The molecule has 9 heteroatoms. The molecule has 1 atom stereocenters. The first kappa shape index (κ1) is 16.6. The number of ether oxygens (including phenoxy) is 1. The lowest BCUT2D eigenvalue weighted by Gasteiger charge is -2.30. The second-order valence-electron chi connectivity index (χ2n) is 6.19. The molecule has 2 N–H and O–H groups in total. The van der Waals surface area contributed by atoms with Gasteiger partial charge in [0.15, 0.2) is 5.82 Å². The molecule has 0 unspecified atom stereocenters. The van der Waals surface area contributed by atoms with Crippen LogP contribution in [0.15, 0.2) is 10.6 Å². The van der Waals surface area contributed by atoms with E-state index in [1.54, 1.807) is 6.07 Å². The monoisotopic (exact) mass is 334 g/mol. The van der Waals surface area contributed by atoms with Gasteiger partial charge in [0.25, 0.3) is 0 Å². The van der Waals surface area contributed by atoms with Crippen LogP contribution in [0.2, 0.25) is 0 Å². The first-order chi connectivity index (χ1) is 11.5. The Labute approximate surface area is 139 Å². The summed E-state index contributed by atoms with van der Waals surface area (Å²) in [7, 11) is 0. The van der Waals surface area contributed by atoms with E-state index in [9.17, 15) is 4.79 Å². The van der Waals surface area contributed by atoms with Crippen LogP contribution in [0.3, 0.4) is 0 Å². The highest BCUT2D eigenvalue weighted by molar-refractivity contribution is 5.91. The van der Waals surface area contributed by atoms with Crippen LogP contribution in [-0.4, -0.2) is 57.4 Å². The molecule has 1 fully saturated rings. The Bertz CT molecular complexity index is 695.